The number of hydrogen-bond donors (Lipinski definition) is 1. The van der Waals surface area contributed by atoms with Crippen molar-refractivity contribution in [2.24, 2.45) is 0 Å². The third-order valence-corrected chi connectivity index (χ3v) is 4.76. The van der Waals surface area contributed by atoms with Crippen LogP contribution in [-0.4, -0.2) is 34.7 Å². The van der Waals surface area contributed by atoms with Crippen LogP contribution in [0.15, 0.2) is 47.4 Å². The van der Waals surface area contributed by atoms with Crippen LogP contribution < -0.4 is 14.2 Å². The Hall–Kier alpha value is -2.74. The molecule has 1 aliphatic heterocycles. The van der Waals surface area contributed by atoms with Gasteiger partial charge in [0.2, 0.25) is 0 Å². The number of rotatable bonds is 4. The van der Waals surface area contributed by atoms with Gasteiger partial charge in [-0.2, -0.15) is 0 Å². The van der Waals surface area contributed by atoms with E-state index in [0.29, 0.717) is 24.7 Å². The molecule has 2 aromatic carbocycles. The molecule has 0 unspecified atom stereocenters. The summed E-state index contributed by atoms with van der Waals surface area (Å²) in [4.78, 5) is 11.8. The Morgan fingerprint density at radius 1 is 1.08 bits per heavy atom. The molecule has 24 heavy (non-hydrogen) atoms. The monoisotopic (exact) mass is 349 g/mol. The van der Waals surface area contributed by atoms with Crippen LogP contribution in [0.2, 0.25) is 0 Å². The molecule has 0 spiro atoms. The first kappa shape index (κ1) is 16.1. The summed E-state index contributed by atoms with van der Waals surface area (Å²) in [6.45, 7) is 0.777. The zero-order chi connectivity index (χ0) is 17.2. The van der Waals surface area contributed by atoms with Crippen LogP contribution in [0.3, 0.4) is 0 Å². The standard InChI is InChI=1S/C16H15NO6S/c1-21-16(18)12-4-2-3-5-13(12)17-24(19,20)11-6-7-14-15(10-11)23-9-8-22-14/h2-7,10,17H,8-9H2,1H3. The highest BCUT2D eigenvalue weighted by molar-refractivity contribution is 7.92. The second-order valence-electron chi connectivity index (χ2n) is 4.95. The van der Waals surface area contributed by atoms with Crippen LogP contribution in [0, 0.1) is 0 Å². The van der Waals surface area contributed by atoms with Gasteiger partial charge in [0.05, 0.1) is 23.3 Å². The average Bonchev–Trinajstić information content (AvgIpc) is 2.60. The molecule has 0 aromatic heterocycles. The lowest BCUT2D eigenvalue weighted by molar-refractivity contribution is 0.0602. The molecule has 0 fully saturated rings. The summed E-state index contributed by atoms with van der Waals surface area (Å²) in [5, 5.41) is 0. The third-order valence-electron chi connectivity index (χ3n) is 3.40. The Kier molecular flexibility index (Phi) is 4.30. The smallest absolute Gasteiger partial charge is 0.339 e. The van der Waals surface area contributed by atoms with E-state index in [1.165, 1.54) is 37.4 Å². The van der Waals surface area contributed by atoms with E-state index < -0.39 is 16.0 Å². The minimum absolute atomic E-state index is 0.00594. The van der Waals surface area contributed by atoms with Gasteiger partial charge >= 0.3 is 5.97 Å². The zero-order valence-electron chi connectivity index (χ0n) is 12.8. The maximum absolute atomic E-state index is 12.6. The van der Waals surface area contributed by atoms with Gasteiger partial charge in [0.1, 0.15) is 13.2 Å². The molecule has 126 valence electrons. The van der Waals surface area contributed by atoms with Crippen molar-refractivity contribution in [2.75, 3.05) is 25.0 Å². The van der Waals surface area contributed by atoms with E-state index in [9.17, 15) is 13.2 Å². The molecule has 0 atom stereocenters. The van der Waals surface area contributed by atoms with Crippen molar-refractivity contribution < 1.29 is 27.4 Å². The molecule has 0 amide bonds. The van der Waals surface area contributed by atoms with E-state index in [2.05, 4.69) is 9.46 Å². The van der Waals surface area contributed by atoms with Gasteiger partial charge in [0.25, 0.3) is 10.0 Å². The lowest BCUT2D eigenvalue weighted by Crippen LogP contribution is -2.18. The third kappa shape index (κ3) is 3.13. The maximum atomic E-state index is 12.6. The SMILES string of the molecule is COC(=O)c1ccccc1NS(=O)(=O)c1ccc2c(c1)OCCO2. The van der Waals surface area contributed by atoms with Crippen LogP contribution in [0.1, 0.15) is 10.4 Å². The van der Waals surface area contributed by atoms with E-state index in [4.69, 9.17) is 9.47 Å². The van der Waals surface area contributed by atoms with Gasteiger partial charge < -0.3 is 14.2 Å². The summed E-state index contributed by atoms with van der Waals surface area (Å²) in [5.41, 5.74) is 0.264. The quantitative estimate of drug-likeness (QED) is 0.850. The molecule has 8 heteroatoms. The Labute approximate surface area is 139 Å². The van der Waals surface area contributed by atoms with Crippen molar-refractivity contribution in [3.8, 4) is 11.5 Å². The number of carbonyl (C=O) groups is 1. The fourth-order valence-corrected chi connectivity index (χ4v) is 3.35. The Morgan fingerprint density at radius 2 is 1.79 bits per heavy atom. The van der Waals surface area contributed by atoms with Crippen LogP contribution in [0.25, 0.3) is 0 Å². The topological polar surface area (TPSA) is 90.9 Å². The van der Waals surface area contributed by atoms with E-state index in [1.54, 1.807) is 12.1 Å². The lowest BCUT2D eigenvalue weighted by Gasteiger charge is -2.19. The predicted molar refractivity (Wildman–Crippen MR) is 86.0 cm³/mol. The number of esters is 1. The van der Waals surface area contributed by atoms with Crippen molar-refractivity contribution >= 4 is 21.7 Å². The first-order valence-corrected chi connectivity index (χ1v) is 8.59. The highest BCUT2D eigenvalue weighted by atomic mass is 32.2. The van der Waals surface area contributed by atoms with E-state index in [1.807, 2.05) is 0 Å². The summed E-state index contributed by atoms with van der Waals surface area (Å²) in [7, 11) is -2.67. The van der Waals surface area contributed by atoms with E-state index in [-0.39, 0.29) is 16.1 Å². The average molecular weight is 349 g/mol. The summed E-state index contributed by atoms with van der Waals surface area (Å²) >= 11 is 0. The Bertz CT molecular complexity index is 878. The molecule has 0 radical (unpaired) electrons. The molecule has 0 aliphatic carbocycles. The number of anilines is 1. The largest absolute Gasteiger partial charge is 0.486 e. The number of ether oxygens (including phenoxy) is 3. The van der Waals surface area contributed by atoms with E-state index in [0.717, 1.165) is 0 Å². The zero-order valence-corrected chi connectivity index (χ0v) is 13.6. The number of fused-ring (bicyclic) bond motifs is 1. The summed E-state index contributed by atoms with van der Waals surface area (Å²) < 4.78 is 43.0. The molecule has 3 rings (SSSR count). The molecular weight excluding hydrogens is 334 g/mol. The molecule has 0 bridgehead atoms. The van der Waals surface area contributed by atoms with Gasteiger partial charge in [-0.1, -0.05) is 12.1 Å². The van der Waals surface area contributed by atoms with Gasteiger partial charge in [-0.15, -0.1) is 0 Å². The van der Waals surface area contributed by atoms with Crippen molar-refractivity contribution in [3.05, 3.63) is 48.0 Å². The fourth-order valence-electron chi connectivity index (χ4n) is 2.25. The predicted octanol–water partition coefficient (Wildman–Crippen LogP) is 2.05. The number of carbonyl (C=O) groups excluding carboxylic acids is 1. The number of hydrogen-bond acceptors (Lipinski definition) is 6. The number of nitrogens with one attached hydrogen (secondary N) is 1. The van der Waals surface area contributed by atoms with Gasteiger partial charge in [-0.05, 0) is 24.3 Å². The Balaban J connectivity index is 1.94. The second kappa shape index (κ2) is 6.40. The second-order valence-corrected chi connectivity index (χ2v) is 6.63. The van der Waals surface area contributed by atoms with Crippen LogP contribution in [-0.2, 0) is 14.8 Å². The number of methoxy groups -OCH3 is 1. The minimum atomic E-state index is -3.90. The normalized spacial score (nSPS) is 13.2. The molecule has 1 aliphatic rings. The van der Waals surface area contributed by atoms with E-state index >= 15 is 0 Å². The van der Waals surface area contributed by atoms with Crippen molar-refractivity contribution in [3.63, 3.8) is 0 Å². The lowest BCUT2D eigenvalue weighted by atomic mass is 10.2. The highest BCUT2D eigenvalue weighted by Gasteiger charge is 2.21. The van der Waals surface area contributed by atoms with Crippen molar-refractivity contribution in [2.45, 2.75) is 4.90 Å². The minimum Gasteiger partial charge on any atom is -0.486 e. The molecule has 0 saturated carbocycles. The Morgan fingerprint density at radius 3 is 2.54 bits per heavy atom. The van der Waals surface area contributed by atoms with Crippen LogP contribution >= 0.6 is 0 Å². The number of sulfonamides is 1. The molecule has 1 N–H and O–H groups in total. The van der Waals surface area contributed by atoms with Gasteiger partial charge in [0, 0.05) is 6.07 Å². The molecule has 7 nitrogen and oxygen atoms in total. The highest BCUT2D eigenvalue weighted by Crippen LogP contribution is 2.33. The van der Waals surface area contributed by atoms with Crippen LogP contribution in [0.4, 0.5) is 5.69 Å². The number of benzene rings is 2. The molecule has 0 saturated heterocycles. The summed E-state index contributed by atoms with van der Waals surface area (Å²) in [5.74, 6) is 0.232. The summed E-state index contributed by atoms with van der Waals surface area (Å²) in [6, 6.07) is 10.5. The van der Waals surface area contributed by atoms with Gasteiger partial charge in [-0.25, -0.2) is 13.2 Å². The van der Waals surface area contributed by atoms with Gasteiger partial charge in [0.15, 0.2) is 11.5 Å². The van der Waals surface area contributed by atoms with Crippen molar-refractivity contribution in [1.29, 1.82) is 0 Å². The first-order chi connectivity index (χ1) is 11.5. The summed E-state index contributed by atoms with van der Waals surface area (Å²) in [6.07, 6.45) is 0. The maximum Gasteiger partial charge on any atom is 0.339 e. The molecule has 2 aromatic rings. The van der Waals surface area contributed by atoms with Crippen molar-refractivity contribution in [1.82, 2.24) is 0 Å². The number of para-hydroxylation sites is 1. The first-order valence-electron chi connectivity index (χ1n) is 7.11. The molecule has 1 heterocycles. The van der Waals surface area contributed by atoms with Crippen LogP contribution in [0.5, 0.6) is 11.5 Å². The van der Waals surface area contributed by atoms with Gasteiger partial charge in [-0.3, -0.25) is 4.72 Å². The molecular formula is C16H15NO6S. The fraction of sp³-hybridized carbons (Fsp3) is 0.188.